The number of aliphatic hydroxyl groups excluding tert-OH is 1. The van der Waals surface area contributed by atoms with Gasteiger partial charge >= 0.3 is 0 Å². The fourth-order valence-electron chi connectivity index (χ4n) is 2.66. The van der Waals surface area contributed by atoms with Gasteiger partial charge in [0.25, 0.3) is 5.91 Å². The van der Waals surface area contributed by atoms with Gasteiger partial charge in [0.2, 0.25) is 5.91 Å². The van der Waals surface area contributed by atoms with E-state index in [2.05, 4.69) is 10.6 Å². The van der Waals surface area contributed by atoms with E-state index in [1.165, 1.54) is 6.26 Å². The SMILES string of the molecule is O=C(N[C@@H](Cc1ccccc1)C(=O)NCC1(CO)CC1)c1ccco1. The van der Waals surface area contributed by atoms with Gasteiger partial charge in [-0.15, -0.1) is 0 Å². The highest BCUT2D eigenvalue weighted by Gasteiger charge is 2.42. The number of hydrogen-bond acceptors (Lipinski definition) is 4. The first-order chi connectivity index (χ1) is 12.1. The first-order valence-corrected chi connectivity index (χ1v) is 8.39. The molecule has 0 spiro atoms. The number of carbonyl (C=O) groups excluding carboxylic acids is 2. The number of rotatable bonds is 8. The smallest absolute Gasteiger partial charge is 0.287 e. The summed E-state index contributed by atoms with van der Waals surface area (Å²) < 4.78 is 5.09. The van der Waals surface area contributed by atoms with Crippen LogP contribution in [0.4, 0.5) is 0 Å². The molecule has 0 saturated heterocycles. The molecule has 0 bridgehead atoms. The second kappa shape index (κ2) is 7.53. The third-order valence-electron chi connectivity index (χ3n) is 4.58. The average molecular weight is 342 g/mol. The van der Waals surface area contributed by atoms with Crippen LogP contribution in [0.1, 0.15) is 29.0 Å². The van der Waals surface area contributed by atoms with Crippen molar-refractivity contribution in [3.63, 3.8) is 0 Å². The van der Waals surface area contributed by atoms with Gasteiger partial charge in [-0.05, 0) is 30.5 Å². The third-order valence-corrected chi connectivity index (χ3v) is 4.58. The Morgan fingerprint density at radius 2 is 1.92 bits per heavy atom. The topological polar surface area (TPSA) is 91.6 Å². The van der Waals surface area contributed by atoms with Crippen molar-refractivity contribution in [1.82, 2.24) is 10.6 Å². The van der Waals surface area contributed by atoms with Crippen LogP contribution in [-0.2, 0) is 11.2 Å². The summed E-state index contributed by atoms with van der Waals surface area (Å²) in [7, 11) is 0. The highest BCUT2D eigenvalue weighted by atomic mass is 16.3. The molecule has 1 atom stereocenters. The van der Waals surface area contributed by atoms with Gasteiger partial charge in [-0.1, -0.05) is 30.3 Å². The zero-order chi connectivity index (χ0) is 17.7. The second-order valence-corrected chi connectivity index (χ2v) is 6.57. The lowest BCUT2D eigenvalue weighted by atomic mass is 10.0. The van der Waals surface area contributed by atoms with Crippen LogP contribution in [0.15, 0.2) is 53.1 Å². The molecule has 25 heavy (non-hydrogen) atoms. The maximum atomic E-state index is 12.6. The molecule has 0 aliphatic heterocycles. The highest BCUT2D eigenvalue weighted by molar-refractivity contribution is 5.95. The summed E-state index contributed by atoms with van der Waals surface area (Å²) in [5.74, 6) is -0.521. The Morgan fingerprint density at radius 1 is 1.16 bits per heavy atom. The molecular weight excluding hydrogens is 320 g/mol. The van der Waals surface area contributed by atoms with E-state index in [0.29, 0.717) is 13.0 Å². The minimum absolute atomic E-state index is 0.0649. The van der Waals surface area contributed by atoms with Crippen molar-refractivity contribution >= 4 is 11.8 Å². The number of hydrogen-bond donors (Lipinski definition) is 3. The lowest BCUT2D eigenvalue weighted by Gasteiger charge is -2.20. The predicted molar refractivity (Wildman–Crippen MR) is 91.9 cm³/mol. The van der Waals surface area contributed by atoms with E-state index < -0.39 is 11.9 Å². The van der Waals surface area contributed by atoms with E-state index in [1.54, 1.807) is 12.1 Å². The van der Waals surface area contributed by atoms with Crippen LogP contribution in [0.25, 0.3) is 0 Å². The molecule has 1 aromatic carbocycles. The van der Waals surface area contributed by atoms with E-state index in [1.807, 2.05) is 30.3 Å². The zero-order valence-electron chi connectivity index (χ0n) is 13.9. The molecule has 1 aromatic heterocycles. The fraction of sp³-hybridized carbons (Fsp3) is 0.368. The van der Waals surface area contributed by atoms with Gasteiger partial charge in [0, 0.05) is 18.4 Å². The van der Waals surface area contributed by atoms with Gasteiger partial charge in [-0.25, -0.2) is 0 Å². The first-order valence-electron chi connectivity index (χ1n) is 8.39. The third kappa shape index (κ3) is 4.48. The van der Waals surface area contributed by atoms with Gasteiger partial charge in [-0.3, -0.25) is 9.59 Å². The number of furan rings is 1. The molecule has 3 rings (SSSR count). The number of aliphatic hydroxyl groups is 1. The number of amides is 2. The van der Waals surface area contributed by atoms with E-state index >= 15 is 0 Å². The molecule has 1 heterocycles. The van der Waals surface area contributed by atoms with Gasteiger partial charge in [0.15, 0.2) is 5.76 Å². The van der Waals surface area contributed by atoms with Gasteiger partial charge in [0.05, 0.1) is 12.9 Å². The van der Waals surface area contributed by atoms with Gasteiger partial charge < -0.3 is 20.2 Å². The number of carbonyl (C=O) groups is 2. The summed E-state index contributed by atoms with van der Waals surface area (Å²) in [4.78, 5) is 24.9. The van der Waals surface area contributed by atoms with Crippen LogP contribution < -0.4 is 10.6 Å². The maximum Gasteiger partial charge on any atom is 0.287 e. The molecule has 1 aliphatic rings. The number of nitrogens with one attached hydrogen (secondary N) is 2. The molecule has 2 amide bonds. The van der Waals surface area contributed by atoms with Crippen LogP contribution >= 0.6 is 0 Å². The monoisotopic (exact) mass is 342 g/mol. The maximum absolute atomic E-state index is 12.6. The Labute approximate surface area is 146 Å². The second-order valence-electron chi connectivity index (χ2n) is 6.57. The Hall–Kier alpha value is -2.60. The Balaban J connectivity index is 1.66. The lowest BCUT2D eigenvalue weighted by Crippen LogP contribution is -2.49. The van der Waals surface area contributed by atoms with Crippen LogP contribution in [0.2, 0.25) is 0 Å². The summed E-state index contributed by atoms with van der Waals surface area (Å²) in [5.41, 5.74) is 0.767. The largest absolute Gasteiger partial charge is 0.459 e. The molecule has 2 aromatic rings. The summed E-state index contributed by atoms with van der Waals surface area (Å²) in [6.07, 6.45) is 3.61. The Morgan fingerprint density at radius 3 is 2.52 bits per heavy atom. The van der Waals surface area contributed by atoms with Crippen molar-refractivity contribution in [2.75, 3.05) is 13.2 Å². The minimum atomic E-state index is -0.713. The fourth-order valence-corrected chi connectivity index (χ4v) is 2.66. The standard InChI is InChI=1S/C19H22N2O4/c22-13-19(8-9-19)12-20-17(23)15(11-14-5-2-1-3-6-14)21-18(24)16-7-4-10-25-16/h1-7,10,15,22H,8-9,11-13H2,(H,20,23)(H,21,24)/t15-/m0/s1. The van der Waals surface area contributed by atoms with E-state index in [-0.39, 0.29) is 23.7 Å². The molecule has 3 N–H and O–H groups in total. The summed E-state index contributed by atoms with van der Waals surface area (Å²) in [5, 5.41) is 15.0. The van der Waals surface area contributed by atoms with Gasteiger partial charge in [0.1, 0.15) is 6.04 Å². The molecule has 1 fully saturated rings. The molecule has 1 aliphatic carbocycles. The number of benzene rings is 1. The summed E-state index contributed by atoms with van der Waals surface area (Å²) in [6, 6.07) is 12.0. The Kier molecular flexibility index (Phi) is 5.19. The molecular formula is C19H22N2O4. The first kappa shape index (κ1) is 17.2. The molecule has 0 radical (unpaired) electrons. The van der Waals surface area contributed by atoms with Gasteiger partial charge in [-0.2, -0.15) is 0 Å². The van der Waals surface area contributed by atoms with Crippen molar-refractivity contribution in [2.24, 2.45) is 5.41 Å². The molecule has 6 nitrogen and oxygen atoms in total. The van der Waals surface area contributed by atoms with Crippen molar-refractivity contribution in [2.45, 2.75) is 25.3 Å². The highest BCUT2D eigenvalue weighted by Crippen LogP contribution is 2.44. The quantitative estimate of drug-likeness (QED) is 0.678. The van der Waals surface area contributed by atoms with Crippen LogP contribution in [0.5, 0.6) is 0 Å². The molecule has 6 heteroatoms. The lowest BCUT2D eigenvalue weighted by molar-refractivity contribution is -0.123. The molecule has 1 saturated carbocycles. The van der Waals surface area contributed by atoms with Crippen molar-refractivity contribution < 1.29 is 19.1 Å². The molecule has 132 valence electrons. The Bertz CT molecular complexity index is 708. The van der Waals surface area contributed by atoms with Crippen LogP contribution in [0, 0.1) is 5.41 Å². The normalized spacial score (nSPS) is 16.0. The van der Waals surface area contributed by atoms with Crippen LogP contribution in [0.3, 0.4) is 0 Å². The predicted octanol–water partition coefficient (Wildman–Crippen LogP) is 1.51. The van der Waals surface area contributed by atoms with E-state index in [0.717, 1.165) is 18.4 Å². The van der Waals surface area contributed by atoms with E-state index in [9.17, 15) is 14.7 Å². The van der Waals surface area contributed by atoms with E-state index in [4.69, 9.17) is 4.42 Å². The minimum Gasteiger partial charge on any atom is -0.459 e. The van der Waals surface area contributed by atoms with Crippen molar-refractivity contribution in [3.05, 3.63) is 60.1 Å². The zero-order valence-corrected chi connectivity index (χ0v) is 13.9. The van der Waals surface area contributed by atoms with Crippen LogP contribution in [-0.4, -0.2) is 36.1 Å². The summed E-state index contributed by atoms with van der Waals surface area (Å²) in [6.45, 7) is 0.486. The summed E-state index contributed by atoms with van der Waals surface area (Å²) >= 11 is 0. The van der Waals surface area contributed by atoms with Crippen molar-refractivity contribution in [3.8, 4) is 0 Å². The average Bonchev–Trinajstić information content (AvgIpc) is 3.21. The van der Waals surface area contributed by atoms with Crippen molar-refractivity contribution in [1.29, 1.82) is 0 Å². The molecule has 0 unspecified atom stereocenters.